The maximum absolute atomic E-state index is 12.7. The lowest BCUT2D eigenvalue weighted by atomic mass is 9.78. The molecule has 2 heterocycles. The van der Waals surface area contributed by atoms with Crippen molar-refractivity contribution >= 4 is 17.5 Å². The fourth-order valence-electron chi connectivity index (χ4n) is 3.87. The second kappa shape index (κ2) is 5.54. The molecule has 0 aromatic heterocycles. The predicted octanol–water partition coefficient (Wildman–Crippen LogP) is 1.78. The van der Waals surface area contributed by atoms with Crippen LogP contribution in [-0.4, -0.2) is 47.1 Å². The zero-order chi connectivity index (χ0) is 14.1. The highest BCUT2D eigenvalue weighted by atomic mass is 16.2. The maximum atomic E-state index is 12.7. The lowest BCUT2D eigenvalue weighted by molar-refractivity contribution is -0.132. The summed E-state index contributed by atoms with van der Waals surface area (Å²) in [6, 6.07) is 0.413. The van der Waals surface area contributed by atoms with Crippen molar-refractivity contribution in [3.63, 3.8) is 0 Å². The molecule has 5 heteroatoms. The molecule has 2 aliphatic heterocycles. The second-order valence-electron chi connectivity index (χ2n) is 6.22. The summed E-state index contributed by atoms with van der Waals surface area (Å²) in [5.74, 6) is 0.752. The molecule has 0 bridgehead atoms. The molecule has 0 aromatic rings. The van der Waals surface area contributed by atoms with E-state index in [1.54, 1.807) is 7.05 Å². The van der Waals surface area contributed by atoms with Gasteiger partial charge in [-0.15, -0.1) is 0 Å². The van der Waals surface area contributed by atoms with Gasteiger partial charge in [-0.3, -0.25) is 9.59 Å². The number of carbonyl (C=O) groups excluding carboxylic acids is 2. The summed E-state index contributed by atoms with van der Waals surface area (Å²) < 4.78 is 0. The number of fused-ring (bicyclic) bond motifs is 1. The van der Waals surface area contributed by atoms with Gasteiger partial charge in [0.2, 0.25) is 5.91 Å². The van der Waals surface area contributed by atoms with E-state index in [9.17, 15) is 9.59 Å². The van der Waals surface area contributed by atoms with E-state index >= 15 is 0 Å². The third-order valence-electron chi connectivity index (χ3n) is 4.96. The summed E-state index contributed by atoms with van der Waals surface area (Å²) in [7, 11) is 1.63. The first-order valence-corrected chi connectivity index (χ1v) is 7.82. The van der Waals surface area contributed by atoms with Crippen molar-refractivity contribution in [2.75, 3.05) is 13.6 Å². The molecule has 2 amide bonds. The second-order valence-corrected chi connectivity index (χ2v) is 6.22. The Morgan fingerprint density at radius 1 is 1.15 bits per heavy atom. The highest BCUT2D eigenvalue weighted by molar-refractivity contribution is 6.39. The van der Waals surface area contributed by atoms with Crippen LogP contribution < -0.4 is 0 Å². The molecule has 5 nitrogen and oxygen atoms in total. The first-order chi connectivity index (χ1) is 9.66. The summed E-state index contributed by atoms with van der Waals surface area (Å²) in [6.45, 7) is 0.858. The molecule has 110 valence electrons. The Hall–Kier alpha value is -1.39. The maximum Gasteiger partial charge on any atom is 0.270 e. The Balaban J connectivity index is 1.75. The molecule has 1 saturated heterocycles. The van der Waals surface area contributed by atoms with E-state index in [0.717, 1.165) is 19.4 Å². The number of hydrogen-bond acceptors (Lipinski definition) is 3. The first-order valence-electron chi connectivity index (χ1n) is 7.82. The van der Waals surface area contributed by atoms with Crippen molar-refractivity contribution in [3.8, 4) is 0 Å². The SMILES string of the molecule is CN1N=C(C(=O)N2CCC[C@H]3CCCC[C@@H]32)CCC1=O. The fourth-order valence-corrected chi connectivity index (χ4v) is 3.87. The van der Waals surface area contributed by atoms with Crippen LogP contribution in [0, 0.1) is 5.92 Å². The summed E-state index contributed by atoms with van der Waals surface area (Å²) in [6.07, 6.45) is 8.21. The molecule has 0 aromatic carbocycles. The zero-order valence-electron chi connectivity index (χ0n) is 12.2. The molecule has 2 atom stereocenters. The van der Waals surface area contributed by atoms with Gasteiger partial charge in [-0.25, -0.2) is 5.01 Å². The molecule has 0 spiro atoms. The molecule has 1 aliphatic carbocycles. The van der Waals surface area contributed by atoms with Crippen LogP contribution in [0.1, 0.15) is 51.4 Å². The van der Waals surface area contributed by atoms with Crippen LogP contribution in [0.25, 0.3) is 0 Å². The normalized spacial score (nSPS) is 30.9. The average Bonchev–Trinajstić information content (AvgIpc) is 2.49. The van der Waals surface area contributed by atoms with Gasteiger partial charge in [-0.2, -0.15) is 5.10 Å². The van der Waals surface area contributed by atoms with E-state index in [-0.39, 0.29) is 11.8 Å². The van der Waals surface area contributed by atoms with Crippen LogP contribution in [0.2, 0.25) is 0 Å². The van der Waals surface area contributed by atoms with Crippen molar-refractivity contribution < 1.29 is 9.59 Å². The number of rotatable bonds is 1. The number of nitrogens with zero attached hydrogens (tertiary/aromatic N) is 3. The van der Waals surface area contributed by atoms with E-state index in [1.807, 2.05) is 0 Å². The van der Waals surface area contributed by atoms with Crippen LogP contribution >= 0.6 is 0 Å². The van der Waals surface area contributed by atoms with E-state index in [1.165, 1.54) is 30.7 Å². The molecular formula is C15H23N3O2. The number of amides is 2. The quantitative estimate of drug-likeness (QED) is 0.733. The van der Waals surface area contributed by atoms with E-state index in [4.69, 9.17) is 0 Å². The Labute approximate surface area is 120 Å². The number of hydrazone groups is 1. The van der Waals surface area contributed by atoms with Crippen molar-refractivity contribution in [1.29, 1.82) is 0 Å². The van der Waals surface area contributed by atoms with Crippen LogP contribution in [0.5, 0.6) is 0 Å². The van der Waals surface area contributed by atoms with Gasteiger partial charge >= 0.3 is 0 Å². The van der Waals surface area contributed by atoms with Crippen LogP contribution in [0.15, 0.2) is 5.10 Å². The number of carbonyl (C=O) groups is 2. The Morgan fingerprint density at radius 2 is 1.90 bits per heavy atom. The largest absolute Gasteiger partial charge is 0.334 e. The van der Waals surface area contributed by atoms with Gasteiger partial charge in [-0.1, -0.05) is 12.8 Å². The molecule has 0 unspecified atom stereocenters. The Kier molecular flexibility index (Phi) is 3.76. The number of piperidine rings is 1. The molecule has 3 rings (SSSR count). The summed E-state index contributed by atoms with van der Waals surface area (Å²) in [4.78, 5) is 26.2. The lowest BCUT2D eigenvalue weighted by Gasteiger charge is -2.44. The van der Waals surface area contributed by atoms with Gasteiger partial charge in [0.05, 0.1) is 0 Å². The third-order valence-corrected chi connectivity index (χ3v) is 4.96. The molecule has 3 aliphatic rings. The zero-order valence-corrected chi connectivity index (χ0v) is 12.2. The summed E-state index contributed by atoms with van der Waals surface area (Å²) >= 11 is 0. The minimum Gasteiger partial charge on any atom is -0.334 e. The fraction of sp³-hybridized carbons (Fsp3) is 0.800. The highest BCUT2D eigenvalue weighted by Crippen LogP contribution is 2.35. The first kappa shape index (κ1) is 13.6. The van der Waals surface area contributed by atoms with Gasteiger partial charge in [0.15, 0.2) is 0 Å². The standard InChI is InChI=1S/C15H23N3O2/c1-17-14(19)9-8-12(16-17)15(20)18-10-4-6-11-5-2-3-7-13(11)18/h11,13H,2-10H2,1H3/t11-,13+/m1/s1. The van der Waals surface area contributed by atoms with Crippen LogP contribution in [-0.2, 0) is 9.59 Å². The predicted molar refractivity (Wildman–Crippen MR) is 76.1 cm³/mol. The molecule has 20 heavy (non-hydrogen) atoms. The van der Waals surface area contributed by atoms with Gasteiger partial charge < -0.3 is 4.90 Å². The molecular weight excluding hydrogens is 254 g/mol. The van der Waals surface area contributed by atoms with Gasteiger partial charge in [0.1, 0.15) is 5.71 Å². The highest BCUT2D eigenvalue weighted by Gasteiger charge is 2.37. The molecule has 2 fully saturated rings. The number of hydrogen-bond donors (Lipinski definition) is 0. The molecule has 0 N–H and O–H groups in total. The van der Waals surface area contributed by atoms with Crippen molar-refractivity contribution in [1.82, 2.24) is 9.91 Å². The third kappa shape index (κ3) is 2.45. The summed E-state index contributed by atoms with van der Waals surface area (Å²) in [5.41, 5.74) is 0.568. The minimum absolute atomic E-state index is 0.00395. The van der Waals surface area contributed by atoms with Crippen molar-refractivity contribution in [3.05, 3.63) is 0 Å². The van der Waals surface area contributed by atoms with E-state index < -0.39 is 0 Å². The Morgan fingerprint density at radius 3 is 2.70 bits per heavy atom. The molecule has 1 saturated carbocycles. The smallest absolute Gasteiger partial charge is 0.270 e. The average molecular weight is 277 g/mol. The summed E-state index contributed by atoms with van der Waals surface area (Å²) in [5, 5.41) is 5.50. The molecule has 0 radical (unpaired) electrons. The van der Waals surface area contributed by atoms with Gasteiger partial charge in [0.25, 0.3) is 5.91 Å². The minimum atomic E-state index is -0.00395. The van der Waals surface area contributed by atoms with E-state index in [0.29, 0.717) is 30.5 Å². The van der Waals surface area contributed by atoms with Crippen molar-refractivity contribution in [2.24, 2.45) is 11.0 Å². The van der Waals surface area contributed by atoms with Gasteiger partial charge in [-0.05, 0) is 31.6 Å². The van der Waals surface area contributed by atoms with E-state index in [2.05, 4.69) is 10.0 Å². The Bertz CT molecular complexity index is 444. The van der Waals surface area contributed by atoms with Gasteiger partial charge in [0, 0.05) is 32.5 Å². The monoisotopic (exact) mass is 277 g/mol. The van der Waals surface area contributed by atoms with Crippen molar-refractivity contribution in [2.45, 2.75) is 57.4 Å². The topological polar surface area (TPSA) is 53.0 Å². The number of likely N-dealkylation sites (tertiary alicyclic amines) is 1. The van der Waals surface area contributed by atoms with Crippen LogP contribution in [0.4, 0.5) is 0 Å². The van der Waals surface area contributed by atoms with Crippen LogP contribution in [0.3, 0.4) is 0 Å². The lowest BCUT2D eigenvalue weighted by Crippen LogP contribution is -2.52.